The molecule has 3 nitrogen and oxygen atoms in total. The Morgan fingerprint density at radius 3 is 2.67 bits per heavy atom. The molecule has 124 valence electrons. The zero-order valence-electron chi connectivity index (χ0n) is 13.2. The molecule has 0 aromatic heterocycles. The number of fused-ring (bicyclic) bond motifs is 2. The quantitative estimate of drug-likeness (QED) is 0.833. The third kappa shape index (κ3) is 2.35. The number of benzene rings is 2. The van der Waals surface area contributed by atoms with E-state index in [1.54, 1.807) is 6.07 Å². The lowest BCUT2D eigenvalue weighted by Crippen LogP contribution is -2.27. The molecule has 0 radical (unpaired) electrons. The van der Waals surface area contributed by atoms with Crippen LogP contribution in [0.15, 0.2) is 36.4 Å². The molecule has 5 heteroatoms. The van der Waals surface area contributed by atoms with Crippen molar-refractivity contribution in [3.63, 3.8) is 0 Å². The molecular formula is C19H17F2NO2. The normalized spacial score (nSPS) is 20.2. The Bertz CT molecular complexity index is 830. The van der Waals surface area contributed by atoms with Gasteiger partial charge in [-0.2, -0.15) is 0 Å². The van der Waals surface area contributed by atoms with E-state index in [1.165, 1.54) is 19.2 Å². The average molecular weight is 329 g/mol. The number of hydrogen-bond acceptors (Lipinski definition) is 3. The van der Waals surface area contributed by atoms with Crippen molar-refractivity contribution in [1.82, 2.24) is 0 Å². The first kappa shape index (κ1) is 15.1. The summed E-state index contributed by atoms with van der Waals surface area (Å²) in [6.45, 7) is 0. The molecule has 2 aliphatic rings. The highest BCUT2D eigenvalue weighted by atomic mass is 19.1. The van der Waals surface area contributed by atoms with Crippen molar-refractivity contribution in [2.75, 3.05) is 12.4 Å². The molecule has 4 rings (SSSR count). The number of rotatable bonds is 2. The van der Waals surface area contributed by atoms with Crippen LogP contribution in [0, 0.1) is 11.6 Å². The average Bonchev–Trinajstić information content (AvgIpc) is 3.34. The summed E-state index contributed by atoms with van der Waals surface area (Å²) < 4.78 is 32.1. The Balaban J connectivity index is 1.72. The van der Waals surface area contributed by atoms with Gasteiger partial charge >= 0.3 is 5.97 Å². The fraction of sp³-hybridized carbons (Fsp3) is 0.316. The van der Waals surface area contributed by atoms with E-state index >= 15 is 0 Å². The Kier molecular flexibility index (Phi) is 3.34. The van der Waals surface area contributed by atoms with Gasteiger partial charge < -0.3 is 10.1 Å². The molecule has 1 atom stereocenters. The first-order valence-electron chi connectivity index (χ1n) is 7.97. The van der Waals surface area contributed by atoms with Gasteiger partial charge in [-0.3, -0.25) is 0 Å². The minimum atomic E-state index is -0.573. The predicted molar refractivity (Wildman–Crippen MR) is 86.0 cm³/mol. The molecule has 0 saturated heterocycles. The minimum absolute atomic E-state index is 0.0316. The van der Waals surface area contributed by atoms with Gasteiger partial charge in [0, 0.05) is 17.3 Å². The topological polar surface area (TPSA) is 38.3 Å². The van der Waals surface area contributed by atoms with Crippen LogP contribution < -0.4 is 5.32 Å². The lowest BCUT2D eigenvalue weighted by molar-refractivity contribution is 0.0600. The van der Waals surface area contributed by atoms with Crippen LogP contribution in [0.5, 0.6) is 0 Å². The molecule has 2 aromatic rings. The number of carbonyl (C=O) groups is 1. The second-order valence-electron chi connectivity index (χ2n) is 6.60. The van der Waals surface area contributed by atoms with E-state index < -0.39 is 11.6 Å². The van der Waals surface area contributed by atoms with Crippen molar-refractivity contribution in [2.24, 2.45) is 0 Å². The summed E-state index contributed by atoms with van der Waals surface area (Å²) in [6.07, 6.45) is 2.74. The van der Waals surface area contributed by atoms with Crippen LogP contribution in [0.2, 0.25) is 0 Å². The van der Waals surface area contributed by atoms with Crippen molar-refractivity contribution in [1.29, 1.82) is 0 Å². The van der Waals surface area contributed by atoms with Gasteiger partial charge in [0.15, 0.2) is 0 Å². The smallest absolute Gasteiger partial charge is 0.337 e. The second kappa shape index (κ2) is 5.30. The maximum absolute atomic E-state index is 14.2. The number of ether oxygens (including phenoxy) is 1. The van der Waals surface area contributed by atoms with Gasteiger partial charge in [-0.1, -0.05) is 6.07 Å². The van der Waals surface area contributed by atoms with Crippen LogP contribution in [-0.4, -0.2) is 13.1 Å². The van der Waals surface area contributed by atoms with Gasteiger partial charge in [0.2, 0.25) is 0 Å². The maximum atomic E-state index is 14.2. The number of methoxy groups -OCH3 is 1. The molecule has 1 fully saturated rings. The highest BCUT2D eigenvalue weighted by Gasteiger charge is 2.50. The van der Waals surface area contributed by atoms with E-state index in [0.717, 1.165) is 36.6 Å². The Morgan fingerprint density at radius 1 is 1.21 bits per heavy atom. The van der Waals surface area contributed by atoms with E-state index in [2.05, 4.69) is 5.32 Å². The van der Waals surface area contributed by atoms with Crippen LogP contribution in [0.25, 0.3) is 0 Å². The molecule has 1 saturated carbocycles. The van der Waals surface area contributed by atoms with Gasteiger partial charge in [-0.25, -0.2) is 13.6 Å². The molecule has 24 heavy (non-hydrogen) atoms. The summed E-state index contributed by atoms with van der Waals surface area (Å²) in [4.78, 5) is 11.8. The van der Waals surface area contributed by atoms with E-state index in [-0.39, 0.29) is 17.4 Å². The van der Waals surface area contributed by atoms with Crippen molar-refractivity contribution in [3.05, 3.63) is 64.7 Å². The standard InChI is InChI=1S/C19H17F2NO2/c1-24-18(23)11-2-5-16-14(8-11)19(6-7-19)10-17(22-16)13-4-3-12(20)9-15(13)21/h2-5,8-9,17,22H,6-7,10H2,1H3. The highest BCUT2D eigenvalue weighted by molar-refractivity contribution is 5.90. The molecule has 1 aliphatic heterocycles. The lowest BCUT2D eigenvalue weighted by atomic mass is 9.81. The van der Waals surface area contributed by atoms with Crippen LogP contribution in [0.1, 0.15) is 46.8 Å². The number of hydrogen-bond donors (Lipinski definition) is 1. The van der Waals surface area contributed by atoms with E-state index in [1.807, 2.05) is 12.1 Å². The number of anilines is 1. The zero-order chi connectivity index (χ0) is 16.9. The molecule has 1 spiro atoms. The molecule has 0 bridgehead atoms. The number of carbonyl (C=O) groups excluding carboxylic acids is 1. The van der Waals surface area contributed by atoms with E-state index in [9.17, 15) is 13.6 Å². The molecule has 0 amide bonds. The van der Waals surface area contributed by atoms with Crippen molar-refractivity contribution in [3.8, 4) is 0 Å². The molecular weight excluding hydrogens is 312 g/mol. The number of esters is 1. The van der Waals surface area contributed by atoms with Gasteiger partial charge in [0.1, 0.15) is 11.6 Å². The largest absolute Gasteiger partial charge is 0.465 e. The SMILES string of the molecule is COC(=O)c1ccc2c(c1)C1(CC1)CC(c1ccc(F)cc1F)N2. The van der Waals surface area contributed by atoms with Crippen molar-refractivity contribution >= 4 is 11.7 Å². The zero-order valence-corrected chi connectivity index (χ0v) is 13.2. The van der Waals surface area contributed by atoms with Gasteiger partial charge in [0.05, 0.1) is 18.7 Å². The first-order valence-corrected chi connectivity index (χ1v) is 7.97. The lowest BCUT2D eigenvalue weighted by Gasteiger charge is -2.34. The summed E-state index contributed by atoms with van der Waals surface area (Å²) in [7, 11) is 1.36. The van der Waals surface area contributed by atoms with Gasteiger partial charge in [-0.05, 0) is 54.5 Å². The fourth-order valence-corrected chi connectivity index (χ4v) is 3.69. The first-order chi connectivity index (χ1) is 11.5. The van der Waals surface area contributed by atoms with Crippen LogP contribution >= 0.6 is 0 Å². The number of halogens is 2. The minimum Gasteiger partial charge on any atom is -0.465 e. The summed E-state index contributed by atoms with van der Waals surface area (Å²) in [5.74, 6) is -1.46. The monoisotopic (exact) mass is 329 g/mol. The Hall–Kier alpha value is -2.43. The fourth-order valence-electron chi connectivity index (χ4n) is 3.69. The summed E-state index contributed by atoms with van der Waals surface area (Å²) >= 11 is 0. The second-order valence-corrected chi connectivity index (χ2v) is 6.60. The van der Waals surface area contributed by atoms with Crippen molar-refractivity contribution in [2.45, 2.75) is 30.7 Å². The van der Waals surface area contributed by atoms with Gasteiger partial charge in [0.25, 0.3) is 0 Å². The van der Waals surface area contributed by atoms with Crippen LogP contribution in [0.3, 0.4) is 0 Å². The third-order valence-corrected chi connectivity index (χ3v) is 5.13. The van der Waals surface area contributed by atoms with Gasteiger partial charge in [-0.15, -0.1) is 0 Å². The molecule has 1 aliphatic carbocycles. The Morgan fingerprint density at radius 2 is 2.00 bits per heavy atom. The van der Waals surface area contributed by atoms with E-state index in [4.69, 9.17) is 4.74 Å². The maximum Gasteiger partial charge on any atom is 0.337 e. The summed E-state index contributed by atoms with van der Waals surface area (Å²) in [5.41, 5.74) is 2.96. The van der Waals surface area contributed by atoms with Crippen molar-refractivity contribution < 1.29 is 18.3 Å². The third-order valence-electron chi connectivity index (χ3n) is 5.13. The molecule has 1 heterocycles. The Labute approximate surface area is 138 Å². The van der Waals surface area contributed by atoms with Crippen LogP contribution in [-0.2, 0) is 10.2 Å². The van der Waals surface area contributed by atoms with Crippen LogP contribution in [0.4, 0.5) is 14.5 Å². The van der Waals surface area contributed by atoms with E-state index in [0.29, 0.717) is 11.1 Å². The molecule has 2 aromatic carbocycles. The molecule has 1 unspecified atom stereocenters. The number of nitrogens with one attached hydrogen (secondary N) is 1. The molecule has 1 N–H and O–H groups in total. The summed E-state index contributed by atoms with van der Waals surface area (Å²) in [5, 5.41) is 3.34. The highest BCUT2D eigenvalue weighted by Crippen LogP contribution is 2.59. The predicted octanol–water partition coefficient (Wildman–Crippen LogP) is 4.34. The summed E-state index contributed by atoms with van der Waals surface area (Å²) in [6, 6.07) is 8.93.